The van der Waals surface area contributed by atoms with Crippen molar-refractivity contribution >= 4 is 0 Å². The predicted octanol–water partition coefficient (Wildman–Crippen LogP) is -3.74. The topological polar surface area (TPSA) is 165 Å². The first-order valence-electron chi connectivity index (χ1n) is 4.93. The molecule has 1 unspecified atom stereocenters. The number of hydroxylamine groups is 2. The van der Waals surface area contributed by atoms with Crippen molar-refractivity contribution in [1.82, 2.24) is 5.06 Å². The Morgan fingerprint density at radius 2 is 1.47 bits per heavy atom. The van der Waals surface area contributed by atoms with E-state index >= 15 is 0 Å². The quantitative estimate of drug-likeness (QED) is 0.210. The maximum Gasteiger partial charge on any atom is 0.332 e. The van der Waals surface area contributed by atoms with Gasteiger partial charge >= 0.3 is 11.7 Å². The molecule has 1 saturated heterocycles. The smallest absolute Gasteiger partial charge is 0.332 e. The summed E-state index contributed by atoms with van der Waals surface area (Å²) in [6.07, 6.45) is 3.01. The Morgan fingerprint density at radius 3 is 2.00 bits per heavy atom. The second-order valence-corrected chi connectivity index (χ2v) is 4.34. The van der Waals surface area contributed by atoms with Crippen molar-refractivity contribution < 1.29 is 59.5 Å². The van der Waals surface area contributed by atoms with Gasteiger partial charge in [0.25, 0.3) is 5.79 Å². The van der Waals surface area contributed by atoms with E-state index in [1.54, 1.807) is 0 Å². The van der Waals surface area contributed by atoms with Gasteiger partial charge in [-0.2, -0.15) is 5.06 Å². The molecule has 1 aliphatic heterocycles. The van der Waals surface area contributed by atoms with Gasteiger partial charge in [-0.15, -0.1) is 0 Å². The molecule has 1 atom stereocenters. The van der Waals surface area contributed by atoms with Crippen LogP contribution in [-0.4, -0.2) is 69.1 Å². The van der Waals surface area contributed by atoms with Gasteiger partial charge in [0.1, 0.15) is 0 Å². The Bertz CT molecular complexity index is 446. The molecule has 1 aliphatic carbocycles. The molecule has 8 N–H and O–H groups in total. The maximum absolute atomic E-state index is 10.1. The third kappa shape index (κ3) is 1.66. The molecule has 19 heavy (non-hydrogen) atoms. The van der Waals surface area contributed by atoms with E-state index in [1.807, 2.05) is 0 Å². The SMILES string of the molecule is ON1C2=CC=CCC2(O)C(O)(O)C(O)(O)C1(O)O.[V]. The van der Waals surface area contributed by atoms with Crippen molar-refractivity contribution in [2.75, 3.05) is 0 Å². The fraction of sp³-hybridized carbons (Fsp3) is 0.556. The number of fused-ring (bicyclic) bond motifs is 1. The fourth-order valence-corrected chi connectivity index (χ4v) is 2.04. The van der Waals surface area contributed by atoms with Gasteiger partial charge in [-0.25, -0.2) is 0 Å². The third-order valence-corrected chi connectivity index (χ3v) is 3.28. The Kier molecular flexibility index (Phi) is 3.73. The summed E-state index contributed by atoms with van der Waals surface area (Å²) in [5.41, 5.74) is -3.44. The minimum absolute atomic E-state index is 0. The molecule has 107 valence electrons. The van der Waals surface area contributed by atoms with Crippen LogP contribution in [0.3, 0.4) is 0 Å². The molecule has 1 radical (unpaired) electrons. The molecule has 0 saturated carbocycles. The molecule has 0 aromatic heterocycles. The first-order chi connectivity index (χ1) is 8.00. The Labute approximate surface area is 118 Å². The number of allylic oxidation sites excluding steroid dienone is 2. The number of nitrogens with zero attached hydrogens (tertiary/aromatic N) is 1. The summed E-state index contributed by atoms with van der Waals surface area (Å²) < 4.78 is 0. The average molecular weight is 314 g/mol. The van der Waals surface area contributed by atoms with Crippen LogP contribution >= 0.6 is 0 Å². The molecule has 9 nitrogen and oxygen atoms in total. The van der Waals surface area contributed by atoms with Gasteiger partial charge < -0.3 is 35.7 Å². The van der Waals surface area contributed by atoms with Crippen molar-refractivity contribution in [3.05, 3.63) is 23.9 Å². The van der Waals surface area contributed by atoms with Gasteiger partial charge in [0.15, 0.2) is 5.60 Å². The Balaban J connectivity index is 0.00000180. The van der Waals surface area contributed by atoms with Gasteiger partial charge in [-0.1, -0.05) is 12.2 Å². The first kappa shape index (κ1) is 16.6. The van der Waals surface area contributed by atoms with Crippen LogP contribution in [0.5, 0.6) is 0 Å². The van der Waals surface area contributed by atoms with Crippen LogP contribution in [0.4, 0.5) is 0 Å². The van der Waals surface area contributed by atoms with E-state index in [1.165, 1.54) is 12.2 Å². The van der Waals surface area contributed by atoms with Crippen LogP contribution in [0.25, 0.3) is 0 Å². The van der Waals surface area contributed by atoms with E-state index in [0.29, 0.717) is 0 Å². The molecule has 0 aromatic rings. The van der Waals surface area contributed by atoms with Gasteiger partial charge in [-0.3, -0.25) is 5.21 Å². The number of hydrogen-bond acceptors (Lipinski definition) is 9. The van der Waals surface area contributed by atoms with E-state index in [-0.39, 0.29) is 18.6 Å². The third-order valence-electron chi connectivity index (χ3n) is 3.28. The van der Waals surface area contributed by atoms with Crippen molar-refractivity contribution in [2.45, 2.75) is 29.5 Å². The summed E-state index contributed by atoms with van der Waals surface area (Å²) in [6.45, 7) is 0. The average Bonchev–Trinajstić information content (AvgIpc) is 2.26. The summed E-state index contributed by atoms with van der Waals surface area (Å²) >= 11 is 0. The Morgan fingerprint density at radius 1 is 0.947 bits per heavy atom. The van der Waals surface area contributed by atoms with Gasteiger partial charge in [0.2, 0.25) is 0 Å². The molecule has 0 bridgehead atoms. The first-order valence-corrected chi connectivity index (χ1v) is 4.93. The molecule has 0 aromatic carbocycles. The van der Waals surface area contributed by atoms with Crippen LogP contribution in [-0.2, 0) is 18.6 Å². The largest absolute Gasteiger partial charge is 0.377 e. The zero-order chi connectivity index (χ0) is 14.0. The molecular weight excluding hydrogens is 301 g/mol. The van der Waals surface area contributed by atoms with E-state index in [0.717, 1.165) is 6.08 Å². The molecule has 1 fully saturated rings. The number of hydrogen-bond donors (Lipinski definition) is 8. The predicted molar refractivity (Wildman–Crippen MR) is 51.9 cm³/mol. The summed E-state index contributed by atoms with van der Waals surface area (Å²) in [6, 6.07) is 0. The zero-order valence-electron chi connectivity index (χ0n) is 9.41. The minimum atomic E-state index is -4.04. The summed E-state index contributed by atoms with van der Waals surface area (Å²) in [5, 5.41) is 76.2. The van der Waals surface area contributed by atoms with Crippen molar-refractivity contribution in [2.24, 2.45) is 0 Å². The molecular formula is C9H13NO8V. The molecule has 2 aliphatic rings. The second kappa shape index (κ2) is 4.27. The number of piperidine rings is 1. The van der Waals surface area contributed by atoms with Crippen LogP contribution in [0, 0.1) is 0 Å². The molecule has 2 rings (SSSR count). The monoisotopic (exact) mass is 314 g/mol. The molecule has 1 heterocycles. The molecule has 0 spiro atoms. The van der Waals surface area contributed by atoms with Crippen LogP contribution in [0.15, 0.2) is 23.9 Å². The number of rotatable bonds is 0. The summed E-state index contributed by atoms with van der Waals surface area (Å²) in [4.78, 5) is 0. The van der Waals surface area contributed by atoms with Crippen LogP contribution in [0.2, 0.25) is 0 Å². The van der Waals surface area contributed by atoms with Crippen LogP contribution < -0.4 is 0 Å². The van der Waals surface area contributed by atoms with E-state index < -0.39 is 40.3 Å². The number of aliphatic hydroxyl groups is 7. The minimum Gasteiger partial charge on any atom is -0.377 e. The standard InChI is InChI=1S/C9H13NO8.V/c11-6-4-2-1-3-5(6)10(18)9(16,17)8(14,15)7(6,12)13;/h1-3,11-18H,4H2;. The van der Waals surface area contributed by atoms with Crippen molar-refractivity contribution in [3.63, 3.8) is 0 Å². The van der Waals surface area contributed by atoms with Crippen molar-refractivity contribution in [3.8, 4) is 0 Å². The van der Waals surface area contributed by atoms with Crippen LogP contribution in [0.1, 0.15) is 6.42 Å². The van der Waals surface area contributed by atoms with E-state index in [4.69, 9.17) is 0 Å². The van der Waals surface area contributed by atoms with Crippen molar-refractivity contribution in [1.29, 1.82) is 0 Å². The maximum atomic E-state index is 10.1. The van der Waals surface area contributed by atoms with Gasteiger partial charge in [-0.05, 0) is 6.08 Å². The van der Waals surface area contributed by atoms with Gasteiger partial charge in [0, 0.05) is 25.0 Å². The zero-order valence-corrected chi connectivity index (χ0v) is 10.8. The molecule has 10 heteroatoms. The molecule has 0 amide bonds. The normalized spacial score (nSPS) is 34.1. The summed E-state index contributed by atoms with van der Waals surface area (Å²) in [7, 11) is 0. The summed E-state index contributed by atoms with van der Waals surface area (Å²) in [5.74, 6) is -11.6. The van der Waals surface area contributed by atoms with Gasteiger partial charge in [0.05, 0.1) is 5.70 Å². The van der Waals surface area contributed by atoms with E-state index in [9.17, 15) is 41.0 Å². The fourth-order valence-electron chi connectivity index (χ4n) is 2.04. The van der Waals surface area contributed by atoms with E-state index in [2.05, 4.69) is 0 Å². The Hall–Kier alpha value is -0.456. The second-order valence-electron chi connectivity index (χ2n) is 4.34.